The van der Waals surface area contributed by atoms with Gasteiger partial charge in [0.25, 0.3) is 0 Å². The van der Waals surface area contributed by atoms with Crippen LogP contribution in [-0.2, 0) is 4.79 Å². The maximum atomic E-state index is 10.7. The summed E-state index contributed by atoms with van der Waals surface area (Å²) >= 11 is 1.80. The number of carboxylic acids is 1. The van der Waals surface area contributed by atoms with Gasteiger partial charge in [-0.2, -0.15) is 0 Å². The van der Waals surface area contributed by atoms with Gasteiger partial charge in [0.1, 0.15) is 0 Å². The summed E-state index contributed by atoms with van der Waals surface area (Å²) in [5.74, 6) is 0.271. The quantitative estimate of drug-likeness (QED) is 0.797. The molecule has 86 valence electrons. The highest BCUT2D eigenvalue weighted by molar-refractivity contribution is 7.99. The van der Waals surface area contributed by atoms with Crippen LogP contribution in [0.5, 0.6) is 0 Å². The van der Waals surface area contributed by atoms with E-state index in [9.17, 15) is 4.79 Å². The van der Waals surface area contributed by atoms with E-state index in [0.717, 1.165) is 18.6 Å². The maximum absolute atomic E-state index is 10.7. The number of rotatable bonds is 5. The Bertz CT molecular complexity index is 397. The lowest BCUT2D eigenvalue weighted by atomic mass is 10.1. The van der Waals surface area contributed by atoms with E-state index in [4.69, 9.17) is 5.11 Å². The Morgan fingerprint density at radius 1 is 1.44 bits per heavy atom. The van der Waals surface area contributed by atoms with E-state index in [-0.39, 0.29) is 5.41 Å². The predicted molar refractivity (Wildman–Crippen MR) is 65.8 cm³/mol. The lowest BCUT2D eigenvalue weighted by Gasteiger charge is -2.12. The number of carbonyl (C=O) groups is 1. The summed E-state index contributed by atoms with van der Waals surface area (Å²) in [6, 6.07) is 8.27. The molecule has 0 aliphatic heterocycles. The van der Waals surface area contributed by atoms with Crippen LogP contribution in [0.2, 0.25) is 0 Å². The second-order valence-corrected chi connectivity index (χ2v) is 5.64. The van der Waals surface area contributed by atoms with Gasteiger partial charge in [-0.3, -0.25) is 4.79 Å². The zero-order valence-corrected chi connectivity index (χ0v) is 10.2. The van der Waals surface area contributed by atoms with Crippen LogP contribution < -0.4 is 0 Å². The molecule has 0 heterocycles. The Morgan fingerprint density at radius 3 is 2.69 bits per heavy atom. The smallest absolute Gasteiger partial charge is 0.303 e. The Balaban J connectivity index is 1.93. The molecule has 0 atom stereocenters. The third-order valence-electron chi connectivity index (χ3n) is 3.11. The van der Waals surface area contributed by atoms with Crippen LogP contribution >= 0.6 is 11.8 Å². The minimum absolute atomic E-state index is 0.0821. The molecule has 0 spiro atoms. The van der Waals surface area contributed by atoms with Crippen molar-refractivity contribution in [2.45, 2.75) is 31.1 Å². The van der Waals surface area contributed by atoms with Crippen LogP contribution in [0.1, 0.15) is 24.8 Å². The summed E-state index contributed by atoms with van der Waals surface area (Å²) in [5.41, 5.74) is 1.36. The first-order valence-electron chi connectivity index (χ1n) is 5.52. The molecule has 1 N–H and O–H groups in total. The average molecular weight is 236 g/mol. The molecule has 1 saturated carbocycles. The van der Waals surface area contributed by atoms with Gasteiger partial charge < -0.3 is 5.11 Å². The number of carboxylic acid groups (broad SMARTS) is 1. The largest absolute Gasteiger partial charge is 0.481 e. The molecule has 1 aromatic rings. The molecule has 1 aromatic carbocycles. The number of aliphatic carboxylic acids is 1. The molecule has 3 heteroatoms. The summed E-state index contributed by atoms with van der Waals surface area (Å²) in [6.07, 6.45) is 2.46. The van der Waals surface area contributed by atoms with Crippen LogP contribution in [0.25, 0.3) is 0 Å². The standard InChI is InChI=1S/C13H16O2S/c1-10-4-2-3-5-11(10)16-9-13(6-7-13)8-12(14)15/h2-5H,6-9H2,1H3,(H,14,15). The molecule has 0 unspecified atom stereocenters. The van der Waals surface area contributed by atoms with Crippen molar-refractivity contribution in [3.8, 4) is 0 Å². The van der Waals surface area contributed by atoms with Crippen molar-refractivity contribution in [2.24, 2.45) is 5.41 Å². The van der Waals surface area contributed by atoms with Crippen molar-refractivity contribution in [3.63, 3.8) is 0 Å². The van der Waals surface area contributed by atoms with E-state index in [1.807, 2.05) is 12.1 Å². The zero-order valence-electron chi connectivity index (χ0n) is 9.40. The monoisotopic (exact) mass is 236 g/mol. The molecule has 2 rings (SSSR count). The topological polar surface area (TPSA) is 37.3 Å². The second-order valence-electron chi connectivity index (χ2n) is 4.62. The summed E-state index contributed by atoms with van der Waals surface area (Å²) < 4.78 is 0. The minimum atomic E-state index is -0.664. The lowest BCUT2D eigenvalue weighted by Crippen LogP contribution is -2.10. The van der Waals surface area contributed by atoms with E-state index in [2.05, 4.69) is 19.1 Å². The number of benzene rings is 1. The van der Waals surface area contributed by atoms with Crippen LogP contribution in [0.15, 0.2) is 29.2 Å². The van der Waals surface area contributed by atoms with E-state index >= 15 is 0 Å². The molecule has 0 bridgehead atoms. The van der Waals surface area contributed by atoms with Crippen LogP contribution in [0.4, 0.5) is 0 Å². The molecule has 0 radical (unpaired) electrons. The fourth-order valence-corrected chi connectivity index (χ4v) is 3.14. The Morgan fingerprint density at radius 2 is 2.12 bits per heavy atom. The van der Waals surface area contributed by atoms with Gasteiger partial charge in [-0.15, -0.1) is 11.8 Å². The molecule has 1 aliphatic carbocycles. The average Bonchev–Trinajstić information content (AvgIpc) is 2.96. The molecule has 16 heavy (non-hydrogen) atoms. The number of hydrogen-bond acceptors (Lipinski definition) is 2. The highest BCUT2D eigenvalue weighted by Gasteiger charge is 2.44. The van der Waals surface area contributed by atoms with Crippen molar-refractivity contribution >= 4 is 17.7 Å². The Kier molecular flexibility index (Phi) is 3.24. The van der Waals surface area contributed by atoms with Crippen molar-refractivity contribution in [2.75, 3.05) is 5.75 Å². The predicted octanol–water partition coefficient (Wildman–Crippen LogP) is 3.34. The second kappa shape index (κ2) is 4.50. The van der Waals surface area contributed by atoms with E-state index < -0.39 is 5.97 Å². The summed E-state index contributed by atoms with van der Waals surface area (Å²) in [6.45, 7) is 2.10. The number of aryl methyl sites for hydroxylation is 1. The van der Waals surface area contributed by atoms with Crippen molar-refractivity contribution in [1.82, 2.24) is 0 Å². The normalized spacial score (nSPS) is 17.1. The lowest BCUT2D eigenvalue weighted by molar-refractivity contribution is -0.138. The Labute approximate surface area is 100 Å². The molecular weight excluding hydrogens is 220 g/mol. The molecule has 0 aromatic heterocycles. The van der Waals surface area contributed by atoms with Crippen molar-refractivity contribution < 1.29 is 9.90 Å². The van der Waals surface area contributed by atoms with Crippen LogP contribution in [0.3, 0.4) is 0 Å². The maximum Gasteiger partial charge on any atom is 0.303 e. The molecule has 1 aliphatic rings. The number of hydrogen-bond donors (Lipinski definition) is 1. The van der Waals surface area contributed by atoms with E-state index in [1.54, 1.807) is 11.8 Å². The molecule has 0 amide bonds. The van der Waals surface area contributed by atoms with Crippen molar-refractivity contribution in [3.05, 3.63) is 29.8 Å². The van der Waals surface area contributed by atoms with Gasteiger partial charge in [0.15, 0.2) is 0 Å². The van der Waals surface area contributed by atoms with Gasteiger partial charge >= 0.3 is 5.97 Å². The first kappa shape index (κ1) is 11.5. The molecule has 0 saturated heterocycles. The summed E-state index contributed by atoms with van der Waals surface area (Å²) in [5, 5.41) is 8.83. The first-order chi connectivity index (χ1) is 7.61. The van der Waals surface area contributed by atoms with Crippen LogP contribution in [-0.4, -0.2) is 16.8 Å². The van der Waals surface area contributed by atoms with Crippen LogP contribution in [0, 0.1) is 12.3 Å². The Hall–Kier alpha value is -0.960. The fourth-order valence-electron chi connectivity index (χ4n) is 1.82. The summed E-state index contributed by atoms with van der Waals surface area (Å²) in [7, 11) is 0. The van der Waals surface area contributed by atoms with Crippen molar-refractivity contribution in [1.29, 1.82) is 0 Å². The molecule has 1 fully saturated rings. The van der Waals surface area contributed by atoms with E-state index in [0.29, 0.717) is 6.42 Å². The third kappa shape index (κ3) is 2.79. The number of thioether (sulfide) groups is 1. The van der Waals surface area contributed by atoms with Gasteiger partial charge in [-0.25, -0.2) is 0 Å². The highest BCUT2D eigenvalue weighted by atomic mass is 32.2. The SMILES string of the molecule is Cc1ccccc1SCC1(CC(=O)O)CC1. The van der Waals surface area contributed by atoms with Gasteiger partial charge in [0.2, 0.25) is 0 Å². The van der Waals surface area contributed by atoms with Gasteiger partial charge in [0.05, 0.1) is 6.42 Å². The highest BCUT2D eigenvalue weighted by Crippen LogP contribution is 2.52. The molecule has 2 nitrogen and oxygen atoms in total. The summed E-state index contributed by atoms with van der Waals surface area (Å²) in [4.78, 5) is 12.0. The first-order valence-corrected chi connectivity index (χ1v) is 6.50. The minimum Gasteiger partial charge on any atom is -0.481 e. The zero-order chi connectivity index (χ0) is 11.6. The van der Waals surface area contributed by atoms with Gasteiger partial charge in [-0.1, -0.05) is 18.2 Å². The third-order valence-corrected chi connectivity index (χ3v) is 4.64. The fraction of sp³-hybridized carbons (Fsp3) is 0.462. The van der Waals surface area contributed by atoms with Gasteiger partial charge in [-0.05, 0) is 36.8 Å². The van der Waals surface area contributed by atoms with E-state index in [1.165, 1.54) is 10.5 Å². The molecular formula is C13H16O2S. The van der Waals surface area contributed by atoms with Gasteiger partial charge in [0, 0.05) is 10.6 Å².